The third-order valence-electron chi connectivity index (χ3n) is 3.42. The average molecular weight is 265 g/mol. The molecule has 0 bridgehead atoms. The fraction of sp³-hybridized carbons (Fsp3) is 0.625. The van der Waals surface area contributed by atoms with Gasteiger partial charge in [-0.2, -0.15) is 0 Å². The molecule has 1 aromatic rings. The van der Waals surface area contributed by atoms with Crippen LogP contribution in [0, 0.1) is 12.8 Å². The first-order valence-corrected chi connectivity index (χ1v) is 7.01. The first-order chi connectivity index (χ1) is 8.95. The molecule has 0 aromatic heterocycles. The molecule has 0 amide bonds. The van der Waals surface area contributed by atoms with Crippen molar-refractivity contribution in [2.45, 2.75) is 46.3 Å². The Morgan fingerprint density at radius 2 is 1.95 bits per heavy atom. The predicted octanol–water partition coefficient (Wildman–Crippen LogP) is 3.06. The molecular weight excluding hydrogens is 238 g/mol. The molecule has 0 heterocycles. The van der Waals surface area contributed by atoms with E-state index in [1.165, 1.54) is 0 Å². The van der Waals surface area contributed by atoms with Crippen molar-refractivity contribution in [3.8, 4) is 5.75 Å². The Bertz CT molecular complexity index is 390. The number of aliphatic hydroxyl groups excluding tert-OH is 1. The van der Waals surface area contributed by atoms with E-state index >= 15 is 0 Å². The molecule has 2 atom stereocenters. The summed E-state index contributed by atoms with van der Waals surface area (Å²) in [5, 5.41) is 13.7. The van der Waals surface area contributed by atoms with Gasteiger partial charge in [0.1, 0.15) is 5.75 Å². The van der Waals surface area contributed by atoms with Gasteiger partial charge in [-0.3, -0.25) is 0 Å². The summed E-state index contributed by atoms with van der Waals surface area (Å²) in [6.45, 7) is 9.35. The Hall–Kier alpha value is -1.06. The predicted molar refractivity (Wildman–Crippen MR) is 79.6 cm³/mol. The van der Waals surface area contributed by atoms with Crippen LogP contribution in [0.4, 0.5) is 0 Å². The van der Waals surface area contributed by atoms with Gasteiger partial charge in [0.15, 0.2) is 0 Å². The van der Waals surface area contributed by atoms with E-state index in [0.29, 0.717) is 5.92 Å². The van der Waals surface area contributed by atoms with Crippen LogP contribution in [-0.4, -0.2) is 24.8 Å². The summed E-state index contributed by atoms with van der Waals surface area (Å²) in [5.41, 5.74) is 1.98. The van der Waals surface area contributed by atoms with E-state index in [-0.39, 0.29) is 6.04 Å². The normalized spacial score (nSPS) is 14.5. The lowest BCUT2D eigenvalue weighted by Crippen LogP contribution is -2.33. The second kappa shape index (κ2) is 7.51. The van der Waals surface area contributed by atoms with Crippen LogP contribution in [0.3, 0.4) is 0 Å². The first kappa shape index (κ1) is 16.0. The smallest absolute Gasteiger partial charge is 0.121 e. The highest BCUT2D eigenvalue weighted by Crippen LogP contribution is 2.24. The molecule has 0 saturated heterocycles. The number of benzene rings is 1. The first-order valence-electron chi connectivity index (χ1n) is 7.01. The lowest BCUT2D eigenvalue weighted by atomic mass is 10.0. The molecule has 0 saturated carbocycles. The maximum absolute atomic E-state index is 10.3. The quantitative estimate of drug-likeness (QED) is 0.796. The number of hydrogen-bond acceptors (Lipinski definition) is 3. The minimum absolute atomic E-state index is 0.0477. The Balaban J connectivity index is 2.61. The number of aryl methyl sites for hydroxylation is 1. The van der Waals surface area contributed by atoms with Crippen molar-refractivity contribution >= 4 is 0 Å². The van der Waals surface area contributed by atoms with E-state index in [9.17, 15) is 5.11 Å². The molecule has 2 N–H and O–H groups in total. The summed E-state index contributed by atoms with van der Waals surface area (Å²) >= 11 is 0. The highest BCUT2D eigenvalue weighted by molar-refractivity contribution is 5.37. The van der Waals surface area contributed by atoms with E-state index in [1.807, 2.05) is 32.0 Å². The van der Waals surface area contributed by atoms with Crippen molar-refractivity contribution < 1.29 is 9.84 Å². The Labute approximate surface area is 117 Å². The zero-order valence-electron chi connectivity index (χ0n) is 12.7. The molecule has 0 aliphatic carbocycles. The van der Waals surface area contributed by atoms with Gasteiger partial charge in [-0.15, -0.1) is 0 Å². The van der Waals surface area contributed by atoms with Gasteiger partial charge in [0.05, 0.1) is 13.2 Å². The van der Waals surface area contributed by atoms with Gasteiger partial charge >= 0.3 is 0 Å². The highest BCUT2D eigenvalue weighted by atomic mass is 16.5. The Morgan fingerprint density at radius 3 is 2.47 bits per heavy atom. The molecular formula is C16H27NO2. The summed E-state index contributed by atoms with van der Waals surface area (Å²) in [6, 6.07) is 5.88. The van der Waals surface area contributed by atoms with Crippen LogP contribution in [-0.2, 0) is 0 Å². The second-order valence-electron chi connectivity index (χ2n) is 5.60. The second-order valence-corrected chi connectivity index (χ2v) is 5.60. The molecule has 108 valence electrons. The summed E-state index contributed by atoms with van der Waals surface area (Å²) in [5.74, 6) is 1.54. The van der Waals surface area contributed by atoms with E-state index < -0.39 is 6.10 Å². The monoisotopic (exact) mass is 265 g/mol. The van der Waals surface area contributed by atoms with E-state index in [4.69, 9.17) is 4.74 Å². The molecule has 1 rings (SSSR count). The van der Waals surface area contributed by atoms with Crippen LogP contribution in [0.25, 0.3) is 0 Å². The fourth-order valence-corrected chi connectivity index (χ4v) is 2.09. The van der Waals surface area contributed by atoms with Gasteiger partial charge in [0.25, 0.3) is 0 Å². The number of rotatable bonds is 7. The number of nitrogens with one attached hydrogen (secondary N) is 1. The number of ether oxygens (including phenoxy) is 1. The van der Waals surface area contributed by atoms with Crippen molar-refractivity contribution in [1.82, 2.24) is 5.32 Å². The fourth-order valence-electron chi connectivity index (χ4n) is 2.09. The van der Waals surface area contributed by atoms with Crippen LogP contribution in [0.15, 0.2) is 18.2 Å². The topological polar surface area (TPSA) is 41.5 Å². The molecule has 0 radical (unpaired) electrons. The Morgan fingerprint density at radius 1 is 1.26 bits per heavy atom. The van der Waals surface area contributed by atoms with Crippen molar-refractivity contribution in [2.75, 3.05) is 13.7 Å². The van der Waals surface area contributed by atoms with Crippen LogP contribution in [0.1, 0.15) is 44.4 Å². The van der Waals surface area contributed by atoms with Crippen LogP contribution in [0.2, 0.25) is 0 Å². The SMILES string of the molecule is COc1ccc(C(O)C(C)NCCC(C)C)cc1C. The van der Waals surface area contributed by atoms with E-state index in [0.717, 1.165) is 29.8 Å². The van der Waals surface area contributed by atoms with Crippen LogP contribution in [0.5, 0.6) is 5.75 Å². The Kier molecular flexibility index (Phi) is 6.32. The van der Waals surface area contributed by atoms with Gasteiger partial charge in [-0.1, -0.05) is 19.9 Å². The van der Waals surface area contributed by atoms with Gasteiger partial charge in [-0.05, 0) is 56.0 Å². The van der Waals surface area contributed by atoms with Gasteiger partial charge < -0.3 is 15.2 Å². The maximum atomic E-state index is 10.3. The molecule has 2 unspecified atom stereocenters. The minimum atomic E-state index is -0.489. The van der Waals surface area contributed by atoms with Crippen LogP contribution < -0.4 is 10.1 Å². The zero-order chi connectivity index (χ0) is 14.4. The van der Waals surface area contributed by atoms with Crippen molar-refractivity contribution in [1.29, 1.82) is 0 Å². The van der Waals surface area contributed by atoms with Crippen molar-refractivity contribution in [2.24, 2.45) is 5.92 Å². The summed E-state index contributed by atoms with van der Waals surface area (Å²) in [6.07, 6.45) is 0.635. The van der Waals surface area contributed by atoms with Crippen molar-refractivity contribution in [3.05, 3.63) is 29.3 Å². The molecule has 0 aliphatic rings. The molecule has 0 fully saturated rings. The highest BCUT2D eigenvalue weighted by Gasteiger charge is 2.16. The molecule has 3 nitrogen and oxygen atoms in total. The van der Waals surface area contributed by atoms with Gasteiger partial charge in [0.2, 0.25) is 0 Å². The lowest BCUT2D eigenvalue weighted by molar-refractivity contribution is 0.135. The van der Waals surface area contributed by atoms with Gasteiger partial charge in [-0.25, -0.2) is 0 Å². The maximum Gasteiger partial charge on any atom is 0.121 e. The standard InChI is InChI=1S/C16H27NO2/c1-11(2)8-9-17-13(4)16(18)14-6-7-15(19-5)12(3)10-14/h6-7,10-11,13,16-18H,8-9H2,1-5H3. The molecule has 0 spiro atoms. The van der Waals surface area contributed by atoms with E-state index in [2.05, 4.69) is 19.2 Å². The molecule has 3 heteroatoms. The molecule has 19 heavy (non-hydrogen) atoms. The third kappa shape index (κ3) is 4.84. The number of hydrogen-bond donors (Lipinski definition) is 2. The third-order valence-corrected chi connectivity index (χ3v) is 3.42. The molecule has 0 aliphatic heterocycles. The number of methoxy groups -OCH3 is 1. The molecule has 1 aromatic carbocycles. The minimum Gasteiger partial charge on any atom is -0.496 e. The summed E-state index contributed by atoms with van der Waals surface area (Å²) < 4.78 is 5.23. The van der Waals surface area contributed by atoms with Crippen molar-refractivity contribution in [3.63, 3.8) is 0 Å². The van der Waals surface area contributed by atoms with E-state index in [1.54, 1.807) is 7.11 Å². The zero-order valence-corrected chi connectivity index (χ0v) is 12.7. The average Bonchev–Trinajstić information content (AvgIpc) is 2.37. The lowest BCUT2D eigenvalue weighted by Gasteiger charge is -2.22. The summed E-state index contributed by atoms with van der Waals surface area (Å²) in [7, 11) is 1.66. The largest absolute Gasteiger partial charge is 0.496 e. The van der Waals surface area contributed by atoms with Crippen LogP contribution >= 0.6 is 0 Å². The van der Waals surface area contributed by atoms with Gasteiger partial charge in [0, 0.05) is 6.04 Å². The number of aliphatic hydroxyl groups is 1. The summed E-state index contributed by atoms with van der Waals surface area (Å²) in [4.78, 5) is 0.